The molecule has 0 saturated heterocycles. The Kier molecular flexibility index (Phi) is 4.94. The van der Waals surface area contributed by atoms with E-state index in [1.807, 2.05) is 38.2 Å². The maximum atomic E-state index is 6.08. The van der Waals surface area contributed by atoms with Gasteiger partial charge in [-0.25, -0.2) is 0 Å². The fourth-order valence-electron chi connectivity index (χ4n) is 1.38. The summed E-state index contributed by atoms with van der Waals surface area (Å²) in [6.07, 6.45) is 0.0405. The minimum Gasteiger partial charge on any atom is -0.372 e. The molecule has 0 bridgehead atoms. The first-order chi connectivity index (χ1) is 6.79. The molecule has 0 amide bonds. The molecule has 1 aromatic rings. The number of hydrogen-bond acceptors (Lipinski definition) is 2. The van der Waals surface area contributed by atoms with Crippen LogP contribution in [0.25, 0.3) is 0 Å². The average Bonchev–Trinajstić information content (AvgIpc) is 2.18. The van der Waals surface area contributed by atoms with E-state index in [1.54, 1.807) is 0 Å². The molecule has 3 heteroatoms. The molecular weight excluding hydrogens is 198 g/mol. The normalized spacial score (nSPS) is 12.8. The molecule has 1 rings (SSSR count). The number of hydrogen-bond donors (Lipinski definition) is 1. The van der Waals surface area contributed by atoms with Gasteiger partial charge in [0.1, 0.15) is 0 Å². The number of likely N-dealkylation sites (N-methyl/N-ethyl adjacent to an activating group) is 1. The van der Waals surface area contributed by atoms with Crippen LogP contribution < -0.4 is 5.32 Å². The zero-order valence-electron chi connectivity index (χ0n) is 8.59. The second-order valence-electron chi connectivity index (χ2n) is 3.02. The van der Waals surface area contributed by atoms with Crippen LogP contribution in [0.15, 0.2) is 24.3 Å². The van der Waals surface area contributed by atoms with Gasteiger partial charge in [-0.15, -0.1) is 0 Å². The van der Waals surface area contributed by atoms with Gasteiger partial charge >= 0.3 is 0 Å². The van der Waals surface area contributed by atoms with Gasteiger partial charge in [-0.2, -0.15) is 0 Å². The Balaban J connectivity index is 2.81. The molecule has 0 fully saturated rings. The summed E-state index contributed by atoms with van der Waals surface area (Å²) in [5.74, 6) is 0. The van der Waals surface area contributed by atoms with E-state index in [4.69, 9.17) is 16.3 Å². The van der Waals surface area contributed by atoms with Crippen molar-refractivity contribution in [1.29, 1.82) is 0 Å². The van der Waals surface area contributed by atoms with Crippen molar-refractivity contribution in [2.45, 2.75) is 13.0 Å². The first-order valence-corrected chi connectivity index (χ1v) is 5.18. The zero-order chi connectivity index (χ0) is 10.4. The highest BCUT2D eigenvalue weighted by molar-refractivity contribution is 6.31. The van der Waals surface area contributed by atoms with E-state index in [1.165, 1.54) is 0 Å². The second-order valence-corrected chi connectivity index (χ2v) is 3.43. The molecule has 0 radical (unpaired) electrons. The summed E-state index contributed by atoms with van der Waals surface area (Å²) in [7, 11) is 1.91. The summed E-state index contributed by atoms with van der Waals surface area (Å²) >= 11 is 6.08. The molecule has 0 aliphatic rings. The lowest BCUT2D eigenvalue weighted by Gasteiger charge is -2.18. The number of rotatable bonds is 5. The largest absolute Gasteiger partial charge is 0.372 e. The van der Waals surface area contributed by atoms with Gasteiger partial charge in [0.2, 0.25) is 0 Å². The molecule has 0 aliphatic carbocycles. The molecular formula is C11H16ClNO. The molecule has 0 heterocycles. The Morgan fingerprint density at radius 2 is 2.14 bits per heavy atom. The molecule has 1 atom stereocenters. The standard InChI is InChI=1S/C11H16ClNO/c1-3-14-11(8-13-2)9-6-4-5-7-10(9)12/h4-7,11,13H,3,8H2,1-2H3/t11-/m1/s1. The van der Waals surface area contributed by atoms with Gasteiger partial charge in [0.15, 0.2) is 0 Å². The van der Waals surface area contributed by atoms with Crippen LogP contribution in [0.2, 0.25) is 5.02 Å². The fourth-order valence-corrected chi connectivity index (χ4v) is 1.64. The fraction of sp³-hybridized carbons (Fsp3) is 0.455. The van der Waals surface area contributed by atoms with E-state index >= 15 is 0 Å². The number of halogens is 1. The van der Waals surface area contributed by atoms with Gasteiger partial charge in [-0.3, -0.25) is 0 Å². The van der Waals surface area contributed by atoms with Crippen LogP contribution in [0.3, 0.4) is 0 Å². The highest BCUT2D eigenvalue weighted by Gasteiger charge is 2.12. The highest BCUT2D eigenvalue weighted by Crippen LogP contribution is 2.24. The van der Waals surface area contributed by atoms with Crippen molar-refractivity contribution in [3.05, 3.63) is 34.9 Å². The van der Waals surface area contributed by atoms with Gasteiger partial charge in [0.05, 0.1) is 6.10 Å². The molecule has 14 heavy (non-hydrogen) atoms. The Morgan fingerprint density at radius 1 is 1.43 bits per heavy atom. The molecule has 0 spiro atoms. The molecule has 1 aromatic carbocycles. The molecule has 2 nitrogen and oxygen atoms in total. The van der Waals surface area contributed by atoms with Crippen LogP contribution >= 0.6 is 11.6 Å². The maximum absolute atomic E-state index is 6.08. The third-order valence-electron chi connectivity index (χ3n) is 2.01. The minimum absolute atomic E-state index is 0.0405. The molecule has 78 valence electrons. The molecule has 0 saturated carbocycles. The molecule has 0 aromatic heterocycles. The SMILES string of the molecule is CCO[C@H](CNC)c1ccccc1Cl. The monoisotopic (exact) mass is 213 g/mol. The van der Waals surface area contributed by atoms with Crippen molar-refractivity contribution in [3.63, 3.8) is 0 Å². The predicted octanol–water partition coefficient (Wildman–Crippen LogP) is 2.64. The van der Waals surface area contributed by atoms with E-state index in [-0.39, 0.29) is 6.10 Å². The van der Waals surface area contributed by atoms with E-state index in [2.05, 4.69) is 5.32 Å². The van der Waals surface area contributed by atoms with Crippen molar-refractivity contribution < 1.29 is 4.74 Å². The van der Waals surface area contributed by atoms with E-state index < -0.39 is 0 Å². The summed E-state index contributed by atoms with van der Waals surface area (Å²) in [6.45, 7) is 3.45. The average molecular weight is 214 g/mol. The van der Waals surface area contributed by atoms with E-state index in [0.29, 0.717) is 6.61 Å². The van der Waals surface area contributed by atoms with Gasteiger partial charge < -0.3 is 10.1 Å². The van der Waals surface area contributed by atoms with Gasteiger partial charge in [-0.1, -0.05) is 29.8 Å². The first kappa shape index (κ1) is 11.5. The summed E-state index contributed by atoms with van der Waals surface area (Å²) in [5.41, 5.74) is 1.05. The Morgan fingerprint density at radius 3 is 2.71 bits per heavy atom. The van der Waals surface area contributed by atoms with E-state index in [0.717, 1.165) is 17.1 Å². The van der Waals surface area contributed by atoms with E-state index in [9.17, 15) is 0 Å². The van der Waals surface area contributed by atoms with Crippen LogP contribution in [0.5, 0.6) is 0 Å². The van der Waals surface area contributed by atoms with Gasteiger partial charge in [-0.05, 0) is 20.0 Å². The summed E-state index contributed by atoms with van der Waals surface area (Å²) < 4.78 is 5.60. The summed E-state index contributed by atoms with van der Waals surface area (Å²) in [4.78, 5) is 0. The summed E-state index contributed by atoms with van der Waals surface area (Å²) in [5, 5.41) is 3.86. The highest BCUT2D eigenvalue weighted by atomic mass is 35.5. The first-order valence-electron chi connectivity index (χ1n) is 4.80. The van der Waals surface area contributed by atoms with Crippen molar-refractivity contribution in [2.24, 2.45) is 0 Å². The summed E-state index contributed by atoms with van der Waals surface area (Å²) in [6, 6.07) is 7.79. The molecule has 0 aliphatic heterocycles. The Bertz CT molecular complexity index is 272. The predicted molar refractivity (Wildman–Crippen MR) is 59.7 cm³/mol. The van der Waals surface area contributed by atoms with Crippen LogP contribution in [0.4, 0.5) is 0 Å². The zero-order valence-corrected chi connectivity index (χ0v) is 9.34. The lowest BCUT2D eigenvalue weighted by Crippen LogP contribution is -2.20. The van der Waals surface area contributed by atoms with Crippen LogP contribution in [-0.2, 0) is 4.74 Å². The topological polar surface area (TPSA) is 21.3 Å². The third-order valence-corrected chi connectivity index (χ3v) is 2.35. The Hall–Kier alpha value is -0.570. The van der Waals surface area contributed by atoms with Gasteiger partial charge in [0, 0.05) is 23.7 Å². The van der Waals surface area contributed by atoms with Crippen LogP contribution in [0.1, 0.15) is 18.6 Å². The smallest absolute Gasteiger partial charge is 0.0963 e. The van der Waals surface area contributed by atoms with Crippen molar-refractivity contribution >= 4 is 11.6 Å². The number of nitrogens with one attached hydrogen (secondary N) is 1. The van der Waals surface area contributed by atoms with Crippen molar-refractivity contribution in [1.82, 2.24) is 5.32 Å². The quantitative estimate of drug-likeness (QED) is 0.812. The van der Waals surface area contributed by atoms with Crippen LogP contribution in [0, 0.1) is 0 Å². The van der Waals surface area contributed by atoms with Crippen LogP contribution in [-0.4, -0.2) is 20.2 Å². The molecule has 0 unspecified atom stereocenters. The Labute approximate surface area is 90.2 Å². The molecule has 1 N–H and O–H groups in total. The number of benzene rings is 1. The number of ether oxygens (including phenoxy) is 1. The second kappa shape index (κ2) is 6.02. The van der Waals surface area contributed by atoms with Crippen molar-refractivity contribution in [3.8, 4) is 0 Å². The lowest BCUT2D eigenvalue weighted by atomic mass is 10.1. The maximum Gasteiger partial charge on any atom is 0.0963 e. The van der Waals surface area contributed by atoms with Crippen molar-refractivity contribution in [2.75, 3.05) is 20.2 Å². The third kappa shape index (κ3) is 2.98. The lowest BCUT2D eigenvalue weighted by molar-refractivity contribution is 0.0639. The van der Waals surface area contributed by atoms with Gasteiger partial charge in [0.25, 0.3) is 0 Å². The minimum atomic E-state index is 0.0405.